The van der Waals surface area contributed by atoms with E-state index in [0.29, 0.717) is 6.54 Å². The fraction of sp³-hybridized carbons (Fsp3) is 0.333. The maximum Gasteiger partial charge on any atom is 0.490 e. The Kier molecular flexibility index (Phi) is 10.0. The molecule has 1 aromatic carbocycles. The van der Waals surface area contributed by atoms with Gasteiger partial charge in [0.25, 0.3) is 10.0 Å². The number of carboxylic acids is 2. The summed E-state index contributed by atoms with van der Waals surface area (Å²) in [5.74, 6) is -3.66. The molecule has 0 atom stereocenters. The molecule has 0 amide bonds. The van der Waals surface area contributed by atoms with Gasteiger partial charge in [0, 0.05) is 26.3 Å². The molecule has 15 heteroatoms. The summed E-state index contributed by atoms with van der Waals surface area (Å²) in [5.41, 5.74) is 3.31. The van der Waals surface area contributed by atoms with Crippen molar-refractivity contribution in [3.63, 3.8) is 0 Å². The van der Waals surface area contributed by atoms with E-state index in [1.54, 1.807) is 30.1 Å². The Hall–Kier alpha value is -4.14. The number of aliphatic carboxylic acids is 1. The molecule has 2 aromatic heterocycles. The SMILES string of the molecule is Cc1nn(C)c(C)c1CCCN(C)c1ncc(NS(=O)(=O)c2ccccc2)cc1C(=O)O.O=C(O)C(F)(F)F. The average molecular weight is 572 g/mol. The van der Waals surface area contributed by atoms with Gasteiger partial charge in [-0.3, -0.25) is 9.40 Å². The van der Waals surface area contributed by atoms with Crippen LogP contribution in [-0.2, 0) is 28.3 Å². The molecule has 0 aliphatic heterocycles. The Balaban J connectivity index is 0.000000673. The van der Waals surface area contributed by atoms with Gasteiger partial charge in [-0.2, -0.15) is 18.3 Å². The molecule has 0 spiro atoms. The molecule has 0 saturated heterocycles. The second kappa shape index (κ2) is 12.6. The van der Waals surface area contributed by atoms with Crippen molar-refractivity contribution in [3.8, 4) is 0 Å². The van der Waals surface area contributed by atoms with Crippen LogP contribution in [0, 0.1) is 13.8 Å². The lowest BCUT2D eigenvalue weighted by molar-refractivity contribution is -0.192. The second-order valence-corrected chi connectivity index (χ2v) is 10.1. The lowest BCUT2D eigenvalue weighted by atomic mass is 10.1. The summed E-state index contributed by atoms with van der Waals surface area (Å²) in [4.78, 5) is 26.8. The van der Waals surface area contributed by atoms with Gasteiger partial charge in [-0.25, -0.2) is 23.0 Å². The lowest BCUT2D eigenvalue weighted by Gasteiger charge is -2.20. The van der Waals surface area contributed by atoms with Crippen LogP contribution < -0.4 is 9.62 Å². The third-order valence-electron chi connectivity index (χ3n) is 5.59. The predicted octanol–water partition coefficient (Wildman–Crippen LogP) is 3.63. The summed E-state index contributed by atoms with van der Waals surface area (Å²) in [6.45, 7) is 4.58. The molecule has 0 radical (unpaired) electrons. The first-order chi connectivity index (χ1) is 18.0. The molecule has 2 heterocycles. The van der Waals surface area contributed by atoms with Crippen LogP contribution in [0.4, 0.5) is 24.7 Å². The third kappa shape index (κ3) is 8.43. The van der Waals surface area contributed by atoms with Crippen LogP contribution in [0.3, 0.4) is 0 Å². The smallest absolute Gasteiger partial charge is 0.478 e. The number of pyridine rings is 1. The predicted molar refractivity (Wildman–Crippen MR) is 136 cm³/mol. The van der Waals surface area contributed by atoms with Crippen molar-refractivity contribution >= 4 is 33.5 Å². The Bertz CT molecular complexity index is 1430. The summed E-state index contributed by atoms with van der Waals surface area (Å²) in [6, 6.07) is 9.15. The van der Waals surface area contributed by atoms with Gasteiger partial charge >= 0.3 is 18.1 Å². The van der Waals surface area contributed by atoms with Crippen LogP contribution in [0.1, 0.15) is 33.7 Å². The van der Waals surface area contributed by atoms with Gasteiger partial charge in [0.15, 0.2) is 0 Å². The fourth-order valence-electron chi connectivity index (χ4n) is 3.57. The number of sulfonamides is 1. The van der Waals surface area contributed by atoms with Crippen LogP contribution in [-0.4, -0.2) is 65.1 Å². The number of hydrogen-bond donors (Lipinski definition) is 3. The number of carboxylic acid groups (broad SMARTS) is 2. The fourth-order valence-corrected chi connectivity index (χ4v) is 4.62. The number of hydrogen-bond acceptors (Lipinski definition) is 7. The number of benzene rings is 1. The molecule has 212 valence electrons. The first-order valence-electron chi connectivity index (χ1n) is 11.4. The zero-order valence-corrected chi connectivity index (χ0v) is 22.3. The third-order valence-corrected chi connectivity index (χ3v) is 6.98. The normalized spacial score (nSPS) is 11.4. The zero-order valence-electron chi connectivity index (χ0n) is 21.5. The summed E-state index contributed by atoms with van der Waals surface area (Å²) in [5, 5.41) is 21.2. The molecule has 0 saturated carbocycles. The van der Waals surface area contributed by atoms with Gasteiger partial charge in [-0.15, -0.1) is 0 Å². The van der Waals surface area contributed by atoms with E-state index in [1.165, 1.54) is 30.0 Å². The van der Waals surface area contributed by atoms with Crippen molar-refractivity contribution in [2.24, 2.45) is 7.05 Å². The maximum atomic E-state index is 12.5. The zero-order chi connectivity index (χ0) is 29.5. The number of rotatable bonds is 9. The van der Waals surface area contributed by atoms with Gasteiger partial charge in [0.05, 0.1) is 22.5 Å². The van der Waals surface area contributed by atoms with E-state index in [2.05, 4.69) is 14.8 Å². The Labute approximate surface area is 223 Å². The highest BCUT2D eigenvalue weighted by molar-refractivity contribution is 7.92. The monoisotopic (exact) mass is 571 g/mol. The number of halogens is 3. The van der Waals surface area contributed by atoms with Crippen molar-refractivity contribution < 1.29 is 41.4 Å². The second-order valence-electron chi connectivity index (χ2n) is 8.42. The van der Waals surface area contributed by atoms with E-state index in [4.69, 9.17) is 9.90 Å². The quantitative estimate of drug-likeness (QED) is 0.349. The molecule has 3 N–H and O–H groups in total. The van der Waals surface area contributed by atoms with Crippen LogP contribution in [0.15, 0.2) is 47.5 Å². The topological polar surface area (TPSA) is 155 Å². The van der Waals surface area contributed by atoms with Crippen molar-refractivity contribution in [2.45, 2.75) is 37.8 Å². The molecule has 3 rings (SSSR count). The van der Waals surface area contributed by atoms with Crippen LogP contribution in [0.2, 0.25) is 0 Å². The molecule has 0 fully saturated rings. The minimum atomic E-state index is -5.08. The van der Waals surface area contributed by atoms with Crippen molar-refractivity contribution in [1.82, 2.24) is 14.8 Å². The van der Waals surface area contributed by atoms with Crippen molar-refractivity contribution in [1.29, 1.82) is 0 Å². The summed E-state index contributed by atoms with van der Waals surface area (Å²) in [6.07, 6.45) is -2.16. The standard InChI is InChI=1S/C22H27N5O4S.C2HF3O2/c1-15-19(16(2)27(4)24-15)11-8-12-26(3)21-20(22(28)29)13-17(14-23-21)25-32(30,31)18-9-6-5-7-10-18;3-2(4,5)1(6)7/h5-7,9-10,13-14,25H,8,11-12H2,1-4H3,(H,28,29);(H,6,7). The maximum absolute atomic E-state index is 12.5. The van der Waals surface area contributed by atoms with Gasteiger partial charge in [0.2, 0.25) is 0 Å². The van der Waals surface area contributed by atoms with Crippen LogP contribution in [0.5, 0.6) is 0 Å². The lowest BCUT2D eigenvalue weighted by Crippen LogP contribution is -2.23. The Morgan fingerprint density at radius 2 is 1.72 bits per heavy atom. The van der Waals surface area contributed by atoms with Gasteiger partial charge in [-0.05, 0) is 50.5 Å². The minimum absolute atomic E-state index is 0.0745. The number of carbonyl (C=O) groups is 2. The molecule has 0 aliphatic rings. The van der Waals surface area contributed by atoms with Crippen molar-refractivity contribution in [2.75, 3.05) is 23.2 Å². The van der Waals surface area contributed by atoms with E-state index in [1.807, 2.05) is 25.6 Å². The number of anilines is 2. The van der Waals surface area contributed by atoms with Gasteiger partial charge in [-0.1, -0.05) is 18.2 Å². The minimum Gasteiger partial charge on any atom is -0.478 e. The highest BCUT2D eigenvalue weighted by Crippen LogP contribution is 2.23. The van der Waals surface area contributed by atoms with E-state index >= 15 is 0 Å². The molecule has 39 heavy (non-hydrogen) atoms. The van der Waals surface area contributed by atoms with Gasteiger partial charge in [0.1, 0.15) is 11.4 Å². The highest BCUT2D eigenvalue weighted by Gasteiger charge is 2.38. The number of nitrogens with zero attached hydrogens (tertiary/aromatic N) is 4. The average Bonchev–Trinajstić information content (AvgIpc) is 3.09. The first-order valence-corrected chi connectivity index (χ1v) is 12.8. The molecule has 0 unspecified atom stereocenters. The summed E-state index contributed by atoms with van der Waals surface area (Å²) < 4.78 is 61.0. The molecule has 3 aromatic rings. The number of aromatic carboxylic acids is 1. The number of aromatic nitrogens is 3. The first kappa shape index (κ1) is 31.1. The van der Waals surface area contributed by atoms with Crippen LogP contribution in [0.25, 0.3) is 0 Å². The number of aryl methyl sites for hydroxylation is 2. The van der Waals surface area contributed by atoms with Gasteiger partial charge < -0.3 is 15.1 Å². The molecular weight excluding hydrogens is 543 g/mol. The summed E-state index contributed by atoms with van der Waals surface area (Å²) >= 11 is 0. The van der Waals surface area contributed by atoms with Crippen molar-refractivity contribution in [3.05, 3.63) is 65.1 Å². The Morgan fingerprint density at radius 1 is 1.13 bits per heavy atom. The molecule has 0 bridgehead atoms. The van der Waals surface area contributed by atoms with E-state index in [0.717, 1.165) is 24.2 Å². The number of nitrogens with one attached hydrogen (secondary N) is 1. The van der Waals surface area contributed by atoms with E-state index in [-0.39, 0.29) is 22.0 Å². The highest BCUT2D eigenvalue weighted by atomic mass is 32.2. The molecular formula is C24H28F3N5O6S. The largest absolute Gasteiger partial charge is 0.490 e. The molecule has 0 aliphatic carbocycles. The van der Waals surface area contributed by atoms with E-state index < -0.39 is 28.1 Å². The Morgan fingerprint density at radius 3 is 2.21 bits per heavy atom. The number of alkyl halides is 3. The molecule has 11 nitrogen and oxygen atoms in total. The summed E-state index contributed by atoms with van der Waals surface area (Å²) in [7, 11) is -0.164. The van der Waals surface area contributed by atoms with Crippen LogP contribution >= 0.6 is 0 Å². The van der Waals surface area contributed by atoms with E-state index in [9.17, 15) is 31.5 Å².